The molecule has 1 amide bonds. The number of nitrogens with zero attached hydrogens (tertiary/aromatic N) is 1. The number of aliphatic hydroxyl groups excluding tert-OH is 1. The number of ketones is 1. The van der Waals surface area contributed by atoms with E-state index < -0.39 is 17.7 Å². The van der Waals surface area contributed by atoms with E-state index in [2.05, 4.69) is 0 Å². The summed E-state index contributed by atoms with van der Waals surface area (Å²) in [6.45, 7) is 0.722. The number of hydrogen-bond acceptors (Lipinski definition) is 6. The molecule has 0 radical (unpaired) electrons. The van der Waals surface area contributed by atoms with Crippen molar-refractivity contribution >= 4 is 17.4 Å². The highest BCUT2D eigenvalue weighted by Crippen LogP contribution is 2.40. The van der Waals surface area contributed by atoms with E-state index in [0.717, 1.165) is 0 Å². The molecule has 1 fully saturated rings. The number of carbonyl (C=O) groups excluding carboxylic acids is 2. The minimum absolute atomic E-state index is 0.00589. The standard InChI is InChI=1S/C22H23NO6/c1-28-12-4-11-23-19(14-7-9-16(24)10-8-14)18(21(26)22(23)27)20(25)15-5-3-6-17(13-15)29-2/h3,5-10,13,19,24-25H,4,11-12H2,1-2H3/b20-18+. The molecule has 1 aliphatic rings. The van der Waals surface area contributed by atoms with Gasteiger partial charge in [0.2, 0.25) is 0 Å². The summed E-state index contributed by atoms with van der Waals surface area (Å²) >= 11 is 0. The molecule has 0 aliphatic carbocycles. The highest BCUT2D eigenvalue weighted by molar-refractivity contribution is 6.46. The number of amides is 1. The van der Waals surface area contributed by atoms with Crippen molar-refractivity contribution in [1.82, 2.24) is 4.90 Å². The fourth-order valence-electron chi connectivity index (χ4n) is 3.42. The van der Waals surface area contributed by atoms with Crippen LogP contribution < -0.4 is 4.74 Å². The first kappa shape index (κ1) is 20.4. The predicted molar refractivity (Wildman–Crippen MR) is 107 cm³/mol. The van der Waals surface area contributed by atoms with Crippen molar-refractivity contribution in [1.29, 1.82) is 0 Å². The Bertz CT molecular complexity index is 935. The van der Waals surface area contributed by atoms with Gasteiger partial charge in [-0.1, -0.05) is 24.3 Å². The van der Waals surface area contributed by atoms with Crippen LogP contribution >= 0.6 is 0 Å². The highest BCUT2D eigenvalue weighted by Gasteiger charge is 2.45. The number of likely N-dealkylation sites (tertiary alicyclic amines) is 1. The Morgan fingerprint density at radius 1 is 1.10 bits per heavy atom. The summed E-state index contributed by atoms with van der Waals surface area (Å²) < 4.78 is 10.2. The second-order valence-electron chi connectivity index (χ2n) is 6.66. The lowest BCUT2D eigenvalue weighted by Gasteiger charge is -2.25. The average molecular weight is 397 g/mol. The normalized spacial score (nSPS) is 18.3. The lowest BCUT2D eigenvalue weighted by atomic mass is 9.95. The lowest BCUT2D eigenvalue weighted by molar-refractivity contribution is -0.140. The van der Waals surface area contributed by atoms with Crippen LogP contribution in [-0.2, 0) is 14.3 Å². The van der Waals surface area contributed by atoms with Crippen molar-refractivity contribution in [2.75, 3.05) is 27.4 Å². The number of carbonyl (C=O) groups is 2. The van der Waals surface area contributed by atoms with E-state index in [-0.39, 0.29) is 17.1 Å². The first-order chi connectivity index (χ1) is 14.0. The van der Waals surface area contributed by atoms with Crippen molar-refractivity contribution < 1.29 is 29.3 Å². The number of Topliss-reactive ketones (excluding diaryl/α,β-unsaturated/α-hetero) is 1. The zero-order chi connectivity index (χ0) is 21.0. The molecule has 0 spiro atoms. The molecule has 1 heterocycles. The number of methoxy groups -OCH3 is 2. The number of phenols is 1. The van der Waals surface area contributed by atoms with Crippen LogP contribution in [0.15, 0.2) is 54.1 Å². The van der Waals surface area contributed by atoms with Crippen LogP contribution in [0, 0.1) is 0 Å². The van der Waals surface area contributed by atoms with Crippen LogP contribution in [0.25, 0.3) is 5.76 Å². The summed E-state index contributed by atoms with van der Waals surface area (Å²) in [5.74, 6) is -1.11. The fraction of sp³-hybridized carbons (Fsp3) is 0.273. The van der Waals surface area contributed by atoms with E-state index in [9.17, 15) is 19.8 Å². The van der Waals surface area contributed by atoms with Crippen LogP contribution in [0.3, 0.4) is 0 Å². The monoisotopic (exact) mass is 397 g/mol. The van der Waals surface area contributed by atoms with Gasteiger partial charge in [0, 0.05) is 25.8 Å². The Labute approximate surface area is 168 Å². The molecule has 2 N–H and O–H groups in total. The van der Waals surface area contributed by atoms with Crippen molar-refractivity contribution in [2.45, 2.75) is 12.5 Å². The van der Waals surface area contributed by atoms with E-state index in [1.165, 1.54) is 24.1 Å². The predicted octanol–water partition coefficient (Wildman–Crippen LogP) is 2.86. The number of phenolic OH excluding ortho intramolecular Hbond substituents is 1. The second kappa shape index (κ2) is 8.79. The SMILES string of the molecule is COCCCN1C(=O)C(=O)/C(=C(/O)c2cccc(OC)c2)C1c1ccc(O)cc1. The van der Waals surface area contributed by atoms with Crippen molar-refractivity contribution in [3.63, 3.8) is 0 Å². The molecule has 1 saturated heterocycles. The third-order valence-corrected chi connectivity index (χ3v) is 4.84. The maximum absolute atomic E-state index is 12.8. The molecule has 7 heteroatoms. The summed E-state index contributed by atoms with van der Waals surface area (Å²) in [7, 11) is 3.07. The van der Waals surface area contributed by atoms with Gasteiger partial charge in [0.15, 0.2) is 0 Å². The number of aliphatic hydroxyl groups is 1. The zero-order valence-electron chi connectivity index (χ0n) is 16.3. The molecule has 29 heavy (non-hydrogen) atoms. The van der Waals surface area contributed by atoms with Gasteiger partial charge >= 0.3 is 0 Å². The molecule has 0 saturated carbocycles. The largest absolute Gasteiger partial charge is 0.508 e. The van der Waals surface area contributed by atoms with Crippen LogP contribution in [0.1, 0.15) is 23.6 Å². The Morgan fingerprint density at radius 2 is 1.83 bits per heavy atom. The molecular weight excluding hydrogens is 374 g/mol. The van der Waals surface area contributed by atoms with Crippen LogP contribution in [-0.4, -0.2) is 54.2 Å². The van der Waals surface area contributed by atoms with Gasteiger partial charge in [-0.05, 0) is 36.2 Å². The minimum Gasteiger partial charge on any atom is -0.508 e. The van der Waals surface area contributed by atoms with E-state index >= 15 is 0 Å². The van der Waals surface area contributed by atoms with Gasteiger partial charge in [-0.2, -0.15) is 0 Å². The Hall–Kier alpha value is -3.32. The van der Waals surface area contributed by atoms with E-state index in [4.69, 9.17) is 9.47 Å². The van der Waals surface area contributed by atoms with Gasteiger partial charge in [-0.25, -0.2) is 0 Å². The van der Waals surface area contributed by atoms with Gasteiger partial charge in [-0.15, -0.1) is 0 Å². The van der Waals surface area contributed by atoms with Gasteiger partial charge in [-0.3, -0.25) is 9.59 Å². The van der Waals surface area contributed by atoms with Gasteiger partial charge in [0.25, 0.3) is 11.7 Å². The number of benzene rings is 2. The van der Waals surface area contributed by atoms with E-state index in [1.807, 2.05) is 0 Å². The number of hydrogen-bond donors (Lipinski definition) is 2. The zero-order valence-corrected chi connectivity index (χ0v) is 16.3. The molecule has 152 valence electrons. The number of aromatic hydroxyl groups is 1. The van der Waals surface area contributed by atoms with E-state index in [0.29, 0.717) is 36.4 Å². The topological polar surface area (TPSA) is 96.3 Å². The molecule has 0 aromatic heterocycles. The van der Waals surface area contributed by atoms with Crippen molar-refractivity contribution in [3.8, 4) is 11.5 Å². The lowest BCUT2D eigenvalue weighted by Crippen LogP contribution is -2.31. The molecule has 3 rings (SSSR count). The molecule has 2 aromatic carbocycles. The van der Waals surface area contributed by atoms with Gasteiger partial charge in [0.1, 0.15) is 17.3 Å². The fourth-order valence-corrected chi connectivity index (χ4v) is 3.42. The molecular formula is C22H23NO6. The number of ether oxygens (including phenoxy) is 2. The summed E-state index contributed by atoms with van der Waals surface area (Å²) in [5.41, 5.74) is 0.998. The minimum atomic E-state index is -0.765. The third kappa shape index (κ3) is 4.09. The molecule has 1 atom stereocenters. The molecule has 2 aromatic rings. The average Bonchev–Trinajstić information content (AvgIpc) is 2.99. The second-order valence-corrected chi connectivity index (χ2v) is 6.66. The first-order valence-corrected chi connectivity index (χ1v) is 9.18. The van der Waals surface area contributed by atoms with Gasteiger partial charge < -0.3 is 24.6 Å². The Kier molecular flexibility index (Phi) is 6.19. The first-order valence-electron chi connectivity index (χ1n) is 9.18. The number of rotatable bonds is 7. The Morgan fingerprint density at radius 3 is 2.48 bits per heavy atom. The quantitative estimate of drug-likeness (QED) is 0.323. The summed E-state index contributed by atoms with van der Waals surface area (Å²) in [6, 6.07) is 12.1. The molecule has 1 unspecified atom stereocenters. The molecule has 1 aliphatic heterocycles. The van der Waals surface area contributed by atoms with Crippen molar-refractivity contribution in [2.24, 2.45) is 0 Å². The van der Waals surface area contributed by atoms with Crippen LogP contribution in [0.4, 0.5) is 0 Å². The maximum Gasteiger partial charge on any atom is 0.295 e. The third-order valence-electron chi connectivity index (χ3n) is 4.84. The van der Waals surface area contributed by atoms with Gasteiger partial charge in [0.05, 0.1) is 18.7 Å². The molecule has 7 nitrogen and oxygen atoms in total. The summed E-state index contributed by atoms with van der Waals surface area (Å²) in [6.07, 6.45) is 0.539. The smallest absolute Gasteiger partial charge is 0.295 e. The van der Waals surface area contributed by atoms with Crippen LogP contribution in [0.2, 0.25) is 0 Å². The molecule has 0 bridgehead atoms. The van der Waals surface area contributed by atoms with E-state index in [1.54, 1.807) is 43.5 Å². The summed E-state index contributed by atoms with van der Waals surface area (Å²) in [5, 5.41) is 20.6. The summed E-state index contributed by atoms with van der Waals surface area (Å²) in [4.78, 5) is 27.0. The van der Waals surface area contributed by atoms with Crippen molar-refractivity contribution in [3.05, 3.63) is 65.2 Å². The Balaban J connectivity index is 2.12. The van der Waals surface area contributed by atoms with Crippen LogP contribution in [0.5, 0.6) is 11.5 Å². The maximum atomic E-state index is 12.8. The highest BCUT2D eigenvalue weighted by atomic mass is 16.5.